The molecule has 1 aromatic carbocycles. The summed E-state index contributed by atoms with van der Waals surface area (Å²) in [6, 6.07) is 5.07. The maximum atomic E-state index is 11.6. The fourth-order valence-electron chi connectivity index (χ4n) is 1.85. The van der Waals surface area contributed by atoms with Crippen molar-refractivity contribution in [3.05, 3.63) is 62.5 Å². The van der Waals surface area contributed by atoms with Gasteiger partial charge < -0.3 is 4.74 Å². The molecule has 0 heterocycles. The Labute approximate surface area is 126 Å². The molecule has 0 radical (unpaired) electrons. The van der Waals surface area contributed by atoms with Crippen molar-refractivity contribution in [2.45, 2.75) is 13.8 Å². The van der Waals surface area contributed by atoms with Crippen LogP contribution in [0.1, 0.15) is 29.8 Å². The molecule has 0 saturated carbocycles. The van der Waals surface area contributed by atoms with Crippen LogP contribution < -0.4 is 0 Å². The molecule has 0 fully saturated rings. The molecule has 0 N–H and O–H groups in total. The minimum atomic E-state index is -0.456. The third-order valence-electron chi connectivity index (χ3n) is 2.66. The van der Waals surface area contributed by atoms with Crippen LogP contribution in [0.5, 0.6) is 0 Å². The lowest BCUT2D eigenvalue weighted by Crippen LogP contribution is -2.04. The van der Waals surface area contributed by atoms with Crippen molar-refractivity contribution < 1.29 is 9.53 Å². The van der Waals surface area contributed by atoms with Gasteiger partial charge in [-0.25, -0.2) is 4.79 Å². The van der Waals surface area contributed by atoms with Crippen LogP contribution in [0.3, 0.4) is 0 Å². The van der Waals surface area contributed by atoms with Gasteiger partial charge in [-0.15, -0.1) is 0 Å². The van der Waals surface area contributed by atoms with Crippen LogP contribution in [0.15, 0.2) is 28.5 Å². The lowest BCUT2D eigenvalue weighted by Gasteiger charge is -2.11. The fraction of sp³-hybridized carbons (Fsp3) is 0.267. The second-order valence-electron chi connectivity index (χ2n) is 4.34. The van der Waals surface area contributed by atoms with E-state index >= 15 is 0 Å². The number of halogens is 1. The van der Waals surface area contributed by atoms with Gasteiger partial charge in [-0.3, -0.25) is 0 Å². The van der Waals surface area contributed by atoms with Crippen LogP contribution >= 0.6 is 15.9 Å². The van der Waals surface area contributed by atoms with Gasteiger partial charge in [0.15, 0.2) is 0 Å². The molecule has 0 aliphatic heterocycles. The molecule has 0 aliphatic carbocycles. The van der Waals surface area contributed by atoms with Crippen LogP contribution in [0.25, 0.3) is 15.3 Å². The van der Waals surface area contributed by atoms with Crippen molar-refractivity contribution in [3.63, 3.8) is 0 Å². The third kappa shape index (κ3) is 3.46. The molecule has 0 aliphatic rings. The average molecular weight is 333 g/mol. The highest BCUT2D eigenvalue weighted by Crippen LogP contribution is 2.31. The molecule has 1 aromatic rings. The van der Waals surface area contributed by atoms with E-state index in [1.165, 1.54) is 7.11 Å². The Morgan fingerprint density at radius 2 is 1.75 bits per heavy atom. The molecule has 0 aromatic heterocycles. The van der Waals surface area contributed by atoms with E-state index in [2.05, 4.69) is 25.6 Å². The summed E-state index contributed by atoms with van der Waals surface area (Å²) >= 11 is 3.34. The number of hydrogen-bond donors (Lipinski definition) is 0. The van der Waals surface area contributed by atoms with Crippen molar-refractivity contribution in [2.75, 3.05) is 7.11 Å². The number of hydrogen-bond acceptors (Lipinski definition) is 2. The predicted molar refractivity (Wildman–Crippen MR) is 80.4 cm³/mol. The number of esters is 1. The lowest BCUT2D eigenvalue weighted by atomic mass is 9.94. The Balaban J connectivity index is 3.57. The summed E-state index contributed by atoms with van der Waals surface area (Å²) in [5, 5.41) is 0. The summed E-state index contributed by atoms with van der Waals surface area (Å²) < 4.78 is 5.40. The smallest absolute Gasteiger partial charge is 0.465 e. The van der Waals surface area contributed by atoms with Gasteiger partial charge >= 0.3 is 11.8 Å². The molecule has 1 rings (SSSR count). The number of rotatable bonds is 3. The number of benzene rings is 1. The number of allylic oxidation sites excluding steroid dienone is 1. The summed E-state index contributed by atoms with van der Waals surface area (Å²) in [6.45, 7) is 18.0. The zero-order valence-corrected chi connectivity index (χ0v) is 13.0. The zero-order chi connectivity index (χ0) is 15.3. The highest BCUT2D eigenvalue weighted by atomic mass is 79.9. The molecule has 5 heteroatoms. The Bertz CT molecular complexity index is 633. The van der Waals surface area contributed by atoms with Crippen molar-refractivity contribution in [3.8, 4) is 0 Å². The standard InChI is InChI=1S/C15H13BrN2O2/c1-9(2)13(14(17-3)18-4)10-6-11(15(19)20-5)8-12(16)7-10/h6-9H,1-2,5H3. The Hall–Kier alpha value is -2.11. The Morgan fingerprint density at radius 3 is 2.20 bits per heavy atom. The van der Waals surface area contributed by atoms with E-state index in [-0.39, 0.29) is 11.7 Å². The number of carbonyl (C=O) groups excluding carboxylic acids is 1. The maximum Gasteiger partial charge on any atom is 0.523 e. The van der Waals surface area contributed by atoms with Gasteiger partial charge in [-0.1, -0.05) is 29.8 Å². The van der Waals surface area contributed by atoms with Gasteiger partial charge in [-0.05, 0) is 29.7 Å². The first kappa shape index (κ1) is 15.9. The monoisotopic (exact) mass is 332 g/mol. The van der Waals surface area contributed by atoms with Crippen LogP contribution in [-0.2, 0) is 4.74 Å². The molecular formula is C15H13BrN2O2. The average Bonchev–Trinajstić information content (AvgIpc) is 2.42. The van der Waals surface area contributed by atoms with Crippen molar-refractivity contribution in [1.82, 2.24) is 0 Å². The van der Waals surface area contributed by atoms with Crippen molar-refractivity contribution in [2.24, 2.45) is 5.92 Å². The van der Waals surface area contributed by atoms with E-state index in [0.717, 1.165) is 0 Å². The number of ether oxygens (including phenoxy) is 1. The van der Waals surface area contributed by atoms with Crippen LogP contribution in [0.4, 0.5) is 0 Å². The summed E-state index contributed by atoms with van der Waals surface area (Å²) in [7, 11) is 1.31. The molecule has 4 nitrogen and oxygen atoms in total. The largest absolute Gasteiger partial charge is 0.523 e. The zero-order valence-electron chi connectivity index (χ0n) is 11.4. The Morgan fingerprint density at radius 1 is 1.20 bits per heavy atom. The molecule has 0 unspecified atom stereocenters. The number of nitrogens with zero attached hydrogens (tertiary/aromatic N) is 2. The first-order valence-corrected chi connectivity index (χ1v) is 6.62. The van der Waals surface area contributed by atoms with E-state index in [4.69, 9.17) is 17.9 Å². The quantitative estimate of drug-likeness (QED) is 0.607. The van der Waals surface area contributed by atoms with E-state index in [0.29, 0.717) is 21.2 Å². The molecule has 102 valence electrons. The topological polar surface area (TPSA) is 35.0 Å². The summed E-state index contributed by atoms with van der Waals surface area (Å²) in [4.78, 5) is 18.2. The number of carbonyl (C=O) groups is 1. The fourth-order valence-corrected chi connectivity index (χ4v) is 2.34. The second kappa shape index (κ2) is 6.88. The van der Waals surface area contributed by atoms with E-state index in [9.17, 15) is 4.79 Å². The molecule has 20 heavy (non-hydrogen) atoms. The van der Waals surface area contributed by atoms with Gasteiger partial charge in [0.2, 0.25) is 0 Å². The van der Waals surface area contributed by atoms with E-state index in [1.54, 1.807) is 18.2 Å². The minimum Gasteiger partial charge on any atom is -0.465 e. The second-order valence-corrected chi connectivity index (χ2v) is 5.25. The molecule has 0 atom stereocenters. The van der Waals surface area contributed by atoms with Gasteiger partial charge in [0.25, 0.3) is 0 Å². The van der Waals surface area contributed by atoms with E-state index in [1.807, 2.05) is 13.8 Å². The first-order chi connectivity index (χ1) is 9.44. The molecule has 0 spiro atoms. The summed E-state index contributed by atoms with van der Waals surface area (Å²) in [5.74, 6) is -0.440. The van der Waals surface area contributed by atoms with Crippen molar-refractivity contribution in [1.29, 1.82) is 0 Å². The van der Waals surface area contributed by atoms with E-state index < -0.39 is 5.97 Å². The summed E-state index contributed by atoms with van der Waals surface area (Å²) in [5.41, 5.74) is 1.68. The molecule has 0 saturated heterocycles. The highest BCUT2D eigenvalue weighted by Gasteiger charge is 2.21. The third-order valence-corrected chi connectivity index (χ3v) is 3.12. The van der Waals surface area contributed by atoms with Crippen LogP contribution in [-0.4, -0.2) is 13.1 Å². The van der Waals surface area contributed by atoms with Gasteiger partial charge in [0, 0.05) is 4.47 Å². The highest BCUT2D eigenvalue weighted by molar-refractivity contribution is 9.10. The molecule has 0 amide bonds. The number of methoxy groups -OCH3 is 1. The van der Waals surface area contributed by atoms with Crippen LogP contribution in [0.2, 0.25) is 0 Å². The lowest BCUT2D eigenvalue weighted by molar-refractivity contribution is 0.0600. The Kier molecular flexibility index (Phi) is 5.49. The normalized spacial score (nSPS) is 9.55. The molecule has 0 bridgehead atoms. The SMILES string of the molecule is [C-]#[N+]C([N+]#[C-])=C(c1cc(Br)cc(C(=O)OC)c1)C(C)C. The van der Waals surface area contributed by atoms with Gasteiger partial charge in [0.05, 0.1) is 18.2 Å². The minimum absolute atomic E-state index is 0.00648. The first-order valence-electron chi connectivity index (χ1n) is 5.83. The predicted octanol–water partition coefficient (Wildman–Crippen LogP) is 4.40. The van der Waals surface area contributed by atoms with Crippen LogP contribution in [0, 0.1) is 19.1 Å². The molecular weight excluding hydrogens is 320 g/mol. The van der Waals surface area contributed by atoms with Crippen molar-refractivity contribution >= 4 is 27.5 Å². The maximum absolute atomic E-state index is 11.6. The van der Waals surface area contributed by atoms with Gasteiger partial charge in [0.1, 0.15) is 13.1 Å². The van der Waals surface area contributed by atoms with Gasteiger partial charge in [-0.2, -0.15) is 9.69 Å². The summed E-state index contributed by atoms with van der Waals surface area (Å²) in [6.07, 6.45) is 0.